The second kappa shape index (κ2) is 17.4. The minimum atomic E-state index is -4.34. The fourth-order valence-electron chi connectivity index (χ4n) is 10.8. The number of rotatable bonds is 17. The van der Waals surface area contributed by atoms with Gasteiger partial charge in [-0.25, -0.2) is 19.9 Å². The minimum Gasteiger partial charge on any atom is -0.446 e. The molecule has 5 rings (SSSR count). The molecule has 11 nitrogen and oxygen atoms in total. The predicted molar refractivity (Wildman–Crippen MR) is 191 cm³/mol. The number of amides is 1. The number of phosphoric ester groups is 1. The smallest absolute Gasteiger partial charge is 0.446 e. The van der Waals surface area contributed by atoms with Crippen LogP contribution in [-0.2, 0) is 27.9 Å². The first kappa shape index (κ1) is 40.2. The molecule has 1 heterocycles. The van der Waals surface area contributed by atoms with Crippen LogP contribution in [0.4, 0.5) is 4.79 Å². The van der Waals surface area contributed by atoms with Gasteiger partial charge in [0.2, 0.25) is 0 Å². The van der Waals surface area contributed by atoms with Crippen LogP contribution < -0.4 is 11.2 Å². The van der Waals surface area contributed by atoms with Crippen molar-refractivity contribution in [3.63, 3.8) is 0 Å². The molecular formula is C38H67N2O9P. The van der Waals surface area contributed by atoms with Crippen molar-refractivity contribution in [1.82, 2.24) is 5.32 Å². The lowest BCUT2D eigenvalue weighted by Crippen LogP contribution is -2.51. The first-order chi connectivity index (χ1) is 23.8. The van der Waals surface area contributed by atoms with Gasteiger partial charge in [0, 0.05) is 26.0 Å². The highest BCUT2D eigenvalue weighted by molar-refractivity contribution is 7.47. The van der Waals surface area contributed by atoms with E-state index in [4.69, 9.17) is 20.1 Å². The van der Waals surface area contributed by atoms with Crippen LogP contribution in [0.5, 0.6) is 0 Å². The van der Waals surface area contributed by atoms with Crippen LogP contribution >= 0.6 is 7.82 Å². The number of aliphatic hydroxyl groups excluding tert-OH is 1. The van der Waals surface area contributed by atoms with Crippen LogP contribution in [0.2, 0.25) is 0 Å². The SMILES string of the molecule is CC(C)CCC(C)[C@H]1CCC2C3CC=C4C[C@@H](OC(=O)NCCCCCCOC5CC(O)C(COP(=O)(O)ON)O5)CC[C@]4(C)C3CCC21C. The predicted octanol–water partition coefficient (Wildman–Crippen LogP) is 7.79. The van der Waals surface area contributed by atoms with Crippen LogP contribution in [0, 0.1) is 46.3 Å². The Hall–Kier alpha value is -1.04. The fourth-order valence-corrected chi connectivity index (χ4v) is 11.2. The summed E-state index contributed by atoms with van der Waals surface area (Å²) in [6.07, 6.45) is 16.2. The van der Waals surface area contributed by atoms with E-state index in [0.717, 1.165) is 80.5 Å². The Kier molecular flexibility index (Phi) is 14.0. The van der Waals surface area contributed by atoms with Gasteiger partial charge in [0.15, 0.2) is 6.29 Å². The third-order valence-corrected chi connectivity index (χ3v) is 14.4. The number of allylic oxidation sites excluding steroid dienone is 1. The van der Waals surface area contributed by atoms with Crippen LogP contribution in [0.15, 0.2) is 11.6 Å². The highest BCUT2D eigenvalue weighted by Gasteiger charge is 2.59. The van der Waals surface area contributed by atoms with E-state index in [1.54, 1.807) is 5.57 Å². The monoisotopic (exact) mass is 726 g/mol. The van der Waals surface area contributed by atoms with Gasteiger partial charge in [-0.05, 0) is 104 Å². The lowest BCUT2D eigenvalue weighted by atomic mass is 9.47. The third kappa shape index (κ3) is 9.54. The molecule has 1 saturated heterocycles. The van der Waals surface area contributed by atoms with Crippen molar-refractivity contribution >= 4 is 13.9 Å². The Labute approximate surface area is 300 Å². The quantitative estimate of drug-likeness (QED) is 0.0505. The molecule has 4 fully saturated rings. The van der Waals surface area contributed by atoms with Crippen molar-refractivity contribution in [3.05, 3.63) is 11.6 Å². The molecule has 12 atom stereocenters. The molecule has 9 unspecified atom stereocenters. The summed E-state index contributed by atoms with van der Waals surface area (Å²) in [5.74, 6) is 9.63. The number of ether oxygens (including phenoxy) is 3. The van der Waals surface area contributed by atoms with E-state index in [1.807, 2.05) is 0 Å². The second-order valence-corrected chi connectivity index (χ2v) is 18.6. The van der Waals surface area contributed by atoms with Gasteiger partial charge < -0.3 is 29.5 Å². The van der Waals surface area contributed by atoms with Crippen molar-refractivity contribution in [2.24, 2.45) is 52.2 Å². The maximum Gasteiger partial charge on any atom is 0.488 e. The number of hydrogen-bond donors (Lipinski definition) is 4. The van der Waals surface area contributed by atoms with E-state index in [-0.39, 0.29) is 30.6 Å². The highest BCUT2D eigenvalue weighted by atomic mass is 31.2. The molecule has 1 amide bonds. The molecule has 0 bridgehead atoms. The molecule has 0 aromatic heterocycles. The van der Waals surface area contributed by atoms with E-state index in [2.05, 4.69) is 55.2 Å². The average Bonchev–Trinajstić information content (AvgIpc) is 3.62. The number of carbonyl (C=O) groups is 1. The zero-order valence-corrected chi connectivity index (χ0v) is 32.2. The van der Waals surface area contributed by atoms with Crippen LogP contribution in [-0.4, -0.2) is 60.5 Å². The number of carbonyl (C=O) groups excluding carboxylic acids is 1. The van der Waals surface area contributed by atoms with Gasteiger partial charge >= 0.3 is 13.9 Å². The fraction of sp³-hybridized carbons (Fsp3) is 0.921. The van der Waals surface area contributed by atoms with Crippen molar-refractivity contribution < 1.29 is 42.7 Å². The minimum absolute atomic E-state index is 0.0424. The zero-order chi connectivity index (χ0) is 36.1. The molecule has 0 aromatic carbocycles. The molecule has 50 heavy (non-hydrogen) atoms. The van der Waals surface area contributed by atoms with Gasteiger partial charge in [-0.15, -0.1) is 0 Å². The molecule has 5 aliphatic rings. The Morgan fingerprint density at radius 2 is 1.86 bits per heavy atom. The Balaban J connectivity index is 0.964. The molecule has 4 aliphatic carbocycles. The number of alkyl carbamates (subject to hydrolysis) is 1. The van der Waals surface area contributed by atoms with E-state index in [1.165, 1.54) is 44.9 Å². The summed E-state index contributed by atoms with van der Waals surface area (Å²) in [5, 5.41) is 13.0. The number of fused-ring (bicyclic) bond motifs is 5. The van der Waals surface area contributed by atoms with E-state index >= 15 is 0 Å². The van der Waals surface area contributed by atoms with Gasteiger partial charge in [-0.2, -0.15) is 0 Å². The summed E-state index contributed by atoms with van der Waals surface area (Å²) in [4.78, 5) is 21.9. The molecule has 1 aliphatic heterocycles. The molecule has 12 heteroatoms. The van der Waals surface area contributed by atoms with E-state index in [0.29, 0.717) is 18.6 Å². The normalized spacial score (nSPS) is 38.5. The summed E-state index contributed by atoms with van der Waals surface area (Å²) < 4.78 is 37.1. The lowest BCUT2D eigenvalue weighted by Gasteiger charge is -2.58. The van der Waals surface area contributed by atoms with Crippen LogP contribution in [0.3, 0.4) is 0 Å². The number of nitrogens with two attached hydrogens (primary N) is 1. The topological polar surface area (TPSA) is 159 Å². The third-order valence-electron chi connectivity index (χ3n) is 13.7. The number of unbranched alkanes of at least 4 members (excludes halogenated alkanes) is 3. The second-order valence-electron chi connectivity index (χ2n) is 17.2. The van der Waals surface area contributed by atoms with Crippen molar-refractivity contribution in [3.8, 4) is 0 Å². The highest BCUT2D eigenvalue weighted by Crippen LogP contribution is 2.67. The zero-order valence-electron chi connectivity index (χ0n) is 31.4. The largest absolute Gasteiger partial charge is 0.488 e. The van der Waals surface area contributed by atoms with Gasteiger partial charge in [0.05, 0.1) is 12.7 Å². The van der Waals surface area contributed by atoms with E-state index < -0.39 is 26.3 Å². The Bertz CT molecular complexity index is 1200. The summed E-state index contributed by atoms with van der Waals surface area (Å²) in [7, 11) is -4.34. The molecular weight excluding hydrogens is 659 g/mol. The van der Waals surface area contributed by atoms with Crippen LogP contribution in [0.1, 0.15) is 131 Å². The van der Waals surface area contributed by atoms with E-state index in [9.17, 15) is 19.4 Å². The number of nitrogens with one attached hydrogen (secondary N) is 1. The number of aliphatic hydroxyl groups is 1. The Morgan fingerprint density at radius 1 is 1.08 bits per heavy atom. The van der Waals surface area contributed by atoms with Crippen molar-refractivity contribution in [2.75, 3.05) is 19.8 Å². The average molecular weight is 727 g/mol. The first-order valence-corrected chi connectivity index (χ1v) is 21.2. The van der Waals surface area contributed by atoms with Crippen LogP contribution in [0.25, 0.3) is 0 Å². The van der Waals surface area contributed by atoms with Gasteiger partial charge in [-0.1, -0.05) is 72.0 Å². The maximum atomic E-state index is 12.7. The number of phosphoric acid groups is 1. The maximum absolute atomic E-state index is 12.7. The Morgan fingerprint density at radius 3 is 2.62 bits per heavy atom. The molecule has 5 N–H and O–H groups in total. The summed E-state index contributed by atoms with van der Waals surface area (Å²) >= 11 is 0. The molecule has 3 saturated carbocycles. The molecule has 0 spiro atoms. The van der Waals surface area contributed by atoms with Crippen molar-refractivity contribution in [2.45, 2.75) is 156 Å². The van der Waals surface area contributed by atoms with Gasteiger partial charge in [0.1, 0.15) is 12.2 Å². The molecule has 288 valence electrons. The molecule has 0 aromatic rings. The van der Waals surface area contributed by atoms with Gasteiger partial charge in [-0.3, -0.25) is 4.52 Å². The number of hydrogen-bond acceptors (Lipinski definition) is 9. The summed E-state index contributed by atoms with van der Waals surface area (Å²) in [6.45, 7) is 13.2. The standard InChI is InChI=1S/C38H67N2O9P/c1-25(2)10-11-26(3)30-14-15-31-29-13-12-27-22-28(16-18-37(27,4)32(29)17-19-38(30,31)5)47-36(42)40-20-8-6-7-9-21-45-35-23-33(41)34(48-35)24-46-50(43,44)49-39/h12,25-26,28-35,41H,6-11,13-24,39H2,1-5H3,(H,40,42)(H,43,44)/t26?,28-,29?,30+,31?,32?,33?,34?,35?,37-,38?/m0/s1. The van der Waals surface area contributed by atoms with Gasteiger partial charge in [0.25, 0.3) is 0 Å². The summed E-state index contributed by atoms with van der Waals surface area (Å²) in [5.41, 5.74) is 2.30. The first-order valence-electron chi connectivity index (χ1n) is 19.7. The lowest BCUT2D eigenvalue weighted by molar-refractivity contribution is -0.143. The molecule has 0 radical (unpaired) electrons. The van der Waals surface area contributed by atoms with Crippen molar-refractivity contribution in [1.29, 1.82) is 0 Å². The summed E-state index contributed by atoms with van der Waals surface area (Å²) in [6, 6.07) is 0.